The number of nitrogens with zero attached hydrogens (tertiary/aromatic N) is 1. The highest BCUT2D eigenvalue weighted by atomic mass is 19.4. The van der Waals surface area contributed by atoms with E-state index in [1.807, 2.05) is 38.1 Å². The van der Waals surface area contributed by atoms with E-state index in [0.717, 1.165) is 17.1 Å². The van der Waals surface area contributed by atoms with E-state index in [-0.39, 0.29) is 5.75 Å². The zero-order valence-electron chi connectivity index (χ0n) is 13.7. The molecule has 0 heterocycles. The molecule has 6 heteroatoms. The van der Waals surface area contributed by atoms with Crippen molar-refractivity contribution in [3.05, 3.63) is 53.6 Å². The lowest BCUT2D eigenvalue weighted by Crippen LogP contribution is -2.17. The summed E-state index contributed by atoms with van der Waals surface area (Å²) in [5.41, 5.74) is 3.24. The molecule has 0 bridgehead atoms. The number of nitrogens with one attached hydrogen (secondary N) is 1. The maximum Gasteiger partial charge on any atom is 0.573 e. The van der Waals surface area contributed by atoms with Crippen molar-refractivity contribution in [2.75, 3.05) is 5.32 Å². The molecular formula is C18H19F3N2O. The van der Waals surface area contributed by atoms with Crippen LogP contribution in [0.3, 0.4) is 0 Å². The Balaban J connectivity index is 2.21. The van der Waals surface area contributed by atoms with Gasteiger partial charge in [0, 0.05) is 12.1 Å². The van der Waals surface area contributed by atoms with Crippen molar-refractivity contribution in [2.45, 2.75) is 33.6 Å². The van der Waals surface area contributed by atoms with Crippen LogP contribution in [0.1, 0.15) is 24.5 Å². The molecule has 2 aromatic carbocycles. The molecule has 0 atom stereocenters. The van der Waals surface area contributed by atoms with Crippen molar-refractivity contribution in [1.82, 2.24) is 0 Å². The quantitative estimate of drug-likeness (QED) is 0.569. The Kier molecular flexibility index (Phi) is 5.49. The highest BCUT2D eigenvalue weighted by Crippen LogP contribution is 2.27. The van der Waals surface area contributed by atoms with Gasteiger partial charge in [0.25, 0.3) is 0 Å². The van der Waals surface area contributed by atoms with Crippen molar-refractivity contribution in [3.8, 4) is 5.75 Å². The molecule has 128 valence electrons. The van der Waals surface area contributed by atoms with Gasteiger partial charge < -0.3 is 10.1 Å². The molecular weight excluding hydrogens is 317 g/mol. The Morgan fingerprint density at radius 1 is 1.08 bits per heavy atom. The van der Waals surface area contributed by atoms with Crippen molar-refractivity contribution in [2.24, 2.45) is 4.99 Å². The molecule has 2 rings (SSSR count). The van der Waals surface area contributed by atoms with Crippen molar-refractivity contribution in [1.29, 1.82) is 0 Å². The molecule has 0 amide bonds. The number of aryl methyl sites for hydroxylation is 2. The summed E-state index contributed by atoms with van der Waals surface area (Å²) in [7, 11) is 0. The zero-order chi connectivity index (χ0) is 17.7. The van der Waals surface area contributed by atoms with E-state index in [0.29, 0.717) is 17.7 Å². The van der Waals surface area contributed by atoms with Gasteiger partial charge in [-0.3, -0.25) is 0 Å². The first-order valence-electron chi connectivity index (χ1n) is 7.55. The monoisotopic (exact) mass is 336 g/mol. The second kappa shape index (κ2) is 7.38. The number of rotatable bonds is 4. The highest BCUT2D eigenvalue weighted by Gasteiger charge is 2.31. The fourth-order valence-electron chi connectivity index (χ4n) is 2.16. The van der Waals surface area contributed by atoms with E-state index in [4.69, 9.17) is 0 Å². The van der Waals surface area contributed by atoms with E-state index in [9.17, 15) is 13.2 Å². The van der Waals surface area contributed by atoms with Crippen LogP contribution in [0.15, 0.2) is 47.5 Å². The van der Waals surface area contributed by atoms with E-state index in [1.54, 1.807) is 13.0 Å². The molecule has 2 aromatic rings. The molecule has 1 N–H and O–H groups in total. The largest absolute Gasteiger partial charge is 0.573 e. The topological polar surface area (TPSA) is 33.6 Å². The van der Waals surface area contributed by atoms with E-state index in [1.165, 1.54) is 12.1 Å². The van der Waals surface area contributed by atoms with Gasteiger partial charge in [0.1, 0.15) is 11.6 Å². The summed E-state index contributed by atoms with van der Waals surface area (Å²) >= 11 is 0. The molecule has 3 nitrogen and oxygen atoms in total. The third-order valence-corrected chi connectivity index (χ3v) is 3.42. The number of halogens is 3. The number of ether oxygens (including phenoxy) is 1. The first kappa shape index (κ1) is 17.8. The average Bonchev–Trinajstić information content (AvgIpc) is 2.49. The number of benzene rings is 2. The lowest BCUT2D eigenvalue weighted by atomic mass is 10.2. The number of amidine groups is 1. The van der Waals surface area contributed by atoms with E-state index in [2.05, 4.69) is 15.0 Å². The SMILES string of the molecule is CC/C(=N\c1ccccc1C)Nc1ccc(OC(F)(F)F)cc1C. The number of para-hydroxylation sites is 1. The van der Waals surface area contributed by atoms with Crippen LogP contribution in [0.25, 0.3) is 0 Å². The predicted molar refractivity (Wildman–Crippen MR) is 90.0 cm³/mol. The lowest BCUT2D eigenvalue weighted by Gasteiger charge is -2.14. The molecule has 0 unspecified atom stereocenters. The Labute approximate surface area is 139 Å². The van der Waals surface area contributed by atoms with Gasteiger partial charge in [0.2, 0.25) is 0 Å². The maximum atomic E-state index is 12.3. The van der Waals surface area contributed by atoms with Gasteiger partial charge in [-0.05, 0) is 49.2 Å². The van der Waals surface area contributed by atoms with Gasteiger partial charge in [-0.2, -0.15) is 0 Å². The molecule has 0 aliphatic rings. The molecule has 0 saturated heterocycles. The Hall–Kier alpha value is -2.50. The smallest absolute Gasteiger partial charge is 0.406 e. The fraction of sp³-hybridized carbons (Fsp3) is 0.278. The summed E-state index contributed by atoms with van der Waals surface area (Å²) in [6.45, 7) is 5.65. The van der Waals surface area contributed by atoms with Gasteiger partial charge in [-0.15, -0.1) is 13.2 Å². The number of anilines is 1. The first-order valence-corrected chi connectivity index (χ1v) is 7.55. The van der Waals surface area contributed by atoms with Crippen molar-refractivity contribution in [3.63, 3.8) is 0 Å². The molecule has 0 aliphatic heterocycles. The molecule has 0 radical (unpaired) electrons. The Bertz CT molecular complexity index is 739. The standard InChI is InChI=1S/C18H19F3N2O/c1-4-17(22-15-8-6-5-7-12(15)2)23-16-10-9-14(11-13(16)3)24-18(19,20)21/h5-11H,4H2,1-3H3,(H,22,23). The second-order valence-corrected chi connectivity index (χ2v) is 5.35. The van der Waals surface area contributed by atoms with Gasteiger partial charge in [0.15, 0.2) is 0 Å². The Morgan fingerprint density at radius 2 is 1.79 bits per heavy atom. The minimum Gasteiger partial charge on any atom is -0.406 e. The van der Waals surface area contributed by atoms with Crippen LogP contribution in [-0.4, -0.2) is 12.2 Å². The van der Waals surface area contributed by atoms with Gasteiger partial charge >= 0.3 is 6.36 Å². The van der Waals surface area contributed by atoms with Crippen LogP contribution in [0.4, 0.5) is 24.5 Å². The average molecular weight is 336 g/mol. The summed E-state index contributed by atoms with van der Waals surface area (Å²) in [5, 5.41) is 3.18. The van der Waals surface area contributed by atoms with Crippen LogP contribution in [0, 0.1) is 13.8 Å². The Morgan fingerprint density at radius 3 is 2.38 bits per heavy atom. The fourth-order valence-corrected chi connectivity index (χ4v) is 2.16. The van der Waals surface area contributed by atoms with Crippen LogP contribution < -0.4 is 10.1 Å². The number of hydrogen-bond acceptors (Lipinski definition) is 2. The van der Waals surface area contributed by atoms with Crippen molar-refractivity contribution < 1.29 is 17.9 Å². The number of hydrogen-bond donors (Lipinski definition) is 1. The summed E-state index contributed by atoms with van der Waals surface area (Å²) < 4.78 is 40.7. The van der Waals surface area contributed by atoms with Gasteiger partial charge in [-0.1, -0.05) is 25.1 Å². The van der Waals surface area contributed by atoms with E-state index < -0.39 is 6.36 Å². The third-order valence-electron chi connectivity index (χ3n) is 3.42. The number of alkyl halides is 3. The van der Waals surface area contributed by atoms with Crippen LogP contribution in [0.5, 0.6) is 5.75 Å². The van der Waals surface area contributed by atoms with E-state index >= 15 is 0 Å². The minimum atomic E-state index is -4.69. The van der Waals surface area contributed by atoms with Crippen LogP contribution in [0.2, 0.25) is 0 Å². The normalized spacial score (nSPS) is 12.2. The maximum absolute atomic E-state index is 12.3. The molecule has 24 heavy (non-hydrogen) atoms. The molecule has 0 saturated carbocycles. The lowest BCUT2D eigenvalue weighted by molar-refractivity contribution is -0.274. The molecule has 0 fully saturated rings. The summed E-state index contributed by atoms with van der Waals surface area (Å²) in [5.74, 6) is 0.497. The van der Waals surface area contributed by atoms with Crippen molar-refractivity contribution >= 4 is 17.2 Å². The van der Waals surface area contributed by atoms with Gasteiger partial charge in [-0.25, -0.2) is 4.99 Å². The summed E-state index contributed by atoms with van der Waals surface area (Å²) in [4.78, 5) is 4.59. The summed E-state index contributed by atoms with van der Waals surface area (Å²) in [6, 6.07) is 11.9. The molecule has 0 spiro atoms. The zero-order valence-corrected chi connectivity index (χ0v) is 13.7. The number of aliphatic imine (C=N–C) groups is 1. The summed E-state index contributed by atoms with van der Waals surface area (Å²) in [6.07, 6.45) is -4.03. The molecule has 0 aromatic heterocycles. The highest BCUT2D eigenvalue weighted by molar-refractivity contribution is 5.97. The van der Waals surface area contributed by atoms with Crippen LogP contribution >= 0.6 is 0 Å². The predicted octanol–water partition coefficient (Wildman–Crippen LogP) is 5.75. The third kappa shape index (κ3) is 5.01. The van der Waals surface area contributed by atoms with Crippen LogP contribution in [-0.2, 0) is 0 Å². The first-order chi connectivity index (χ1) is 11.3. The minimum absolute atomic E-state index is 0.237. The molecule has 0 aliphatic carbocycles. The second-order valence-electron chi connectivity index (χ2n) is 5.35. The van der Waals surface area contributed by atoms with Gasteiger partial charge in [0.05, 0.1) is 5.69 Å².